The molecule has 0 radical (unpaired) electrons. The van der Waals surface area contributed by atoms with Crippen molar-refractivity contribution >= 4 is 11.7 Å². The summed E-state index contributed by atoms with van der Waals surface area (Å²) < 4.78 is 5.42. The van der Waals surface area contributed by atoms with Crippen LogP contribution in [0.25, 0.3) is 0 Å². The molecule has 5 nitrogen and oxygen atoms in total. The van der Waals surface area contributed by atoms with Crippen LogP contribution in [0, 0.1) is 0 Å². The first kappa shape index (κ1) is 14.7. The number of nitrogens with one attached hydrogen (secondary N) is 1. The number of amides is 2. The summed E-state index contributed by atoms with van der Waals surface area (Å²) in [6, 6.07) is 5.26. The smallest absolute Gasteiger partial charge is 0.321 e. The molecular weight excluding hydrogens is 256 g/mol. The van der Waals surface area contributed by atoms with Crippen LogP contribution in [0.3, 0.4) is 0 Å². The highest BCUT2D eigenvalue weighted by Crippen LogP contribution is 2.23. The zero-order valence-corrected chi connectivity index (χ0v) is 11.9. The van der Waals surface area contributed by atoms with E-state index >= 15 is 0 Å². The SMILES string of the molecule is CCOc1ccc(NC(=O)N2CCCCC2)cc1CO. The molecule has 2 N–H and O–H groups in total. The van der Waals surface area contributed by atoms with Crippen molar-refractivity contribution in [2.24, 2.45) is 0 Å². The Balaban J connectivity index is 2.03. The molecule has 0 unspecified atom stereocenters. The third kappa shape index (κ3) is 3.63. The fraction of sp³-hybridized carbons (Fsp3) is 0.533. The van der Waals surface area contributed by atoms with Gasteiger partial charge in [0.05, 0.1) is 13.2 Å². The lowest BCUT2D eigenvalue weighted by atomic mass is 10.1. The quantitative estimate of drug-likeness (QED) is 0.890. The standard InChI is InChI=1S/C15H22N2O3/c1-2-20-14-7-6-13(10-12(14)11-18)16-15(19)17-8-4-3-5-9-17/h6-7,10,18H,2-5,8-9,11H2,1H3,(H,16,19). The molecule has 110 valence electrons. The van der Waals surface area contributed by atoms with Crippen molar-refractivity contribution < 1.29 is 14.6 Å². The number of carbonyl (C=O) groups excluding carboxylic acids is 1. The molecule has 0 bridgehead atoms. The van der Waals surface area contributed by atoms with E-state index in [-0.39, 0.29) is 12.6 Å². The van der Waals surface area contributed by atoms with Gasteiger partial charge in [-0.15, -0.1) is 0 Å². The average molecular weight is 278 g/mol. The number of nitrogens with zero attached hydrogens (tertiary/aromatic N) is 1. The van der Waals surface area contributed by atoms with E-state index in [2.05, 4.69) is 5.32 Å². The van der Waals surface area contributed by atoms with Crippen LogP contribution in [0.5, 0.6) is 5.75 Å². The van der Waals surface area contributed by atoms with Gasteiger partial charge < -0.3 is 20.1 Å². The molecule has 5 heteroatoms. The molecule has 1 aliphatic rings. The minimum Gasteiger partial charge on any atom is -0.494 e. The predicted molar refractivity (Wildman–Crippen MR) is 78.0 cm³/mol. The second kappa shape index (κ2) is 7.14. The van der Waals surface area contributed by atoms with Crippen molar-refractivity contribution in [3.8, 4) is 5.75 Å². The van der Waals surface area contributed by atoms with Crippen molar-refractivity contribution in [1.82, 2.24) is 4.90 Å². The van der Waals surface area contributed by atoms with Gasteiger partial charge in [0, 0.05) is 24.3 Å². The zero-order valence-electron chi connectivity index (χ0n) is 11.9. The van der Waals surface area contributed by atoms with Gasteiger partial charge in [-0.1, -0.05) is 0 Å². The highest BCUT2D eigenvalue weighted by molar-refractivity contribution is 5.89. The summed E-state index contributed by atoms with van der Waals surface area (Å²) in [4.78, 5) is 13.9. The van der Waals surface area contributed by atoms with Crippen LogP contribution in [0.15, 0.2) is 18.2 Å². The topological polar surface area (TPSA) is 61.8 Å². The van der Waals surface area contributed by atoms with Gasteiger partial charge in [-0.25, -0.2) is 4.79 Å². The Kier molecular flexibility index (Phi) is 5.24. The van der Waals surface area contributed by atoms with E-state index in [1.165, 1.54) is 6.42 Å². The molecule has 1 aromatic carbocycles. The fourth-order valence-electron chi connectivity index (χ4n) is 2.38. The molecule has 1 saturated heterocycles. The molecule has 0 saturated carbocycles. The van der Waals surface area contributed by atoms with Crippen LogP contribution in [0.4, 0.5) is 10.5 Å². The van der Waals surface area contributed by atoms with E-state index in [1.54, 1.807) is 18.2 Å². The number of carbonyl (C=O) groups is 1. The van der Waals surface area contributed by atoms with Crippen molar-refractivity contribution in [2.45, 2.75) is 32.8 Å². The molecule has 1 heterocycles. The lowest BCUT2D eigenvalue weighted by Crippen LogP contribution is -2.38. The Bertz CT molecular complexity index is 456. The van der Waals surface area contributed by atoms with Gasteiger partial charge in [-0.3, -0.25) is 0 Å². The number of hydrogen-bond acceptors (Lipinski definition) is 3. The Hall–Kier alpha value is -1.75. The maximum absolute atomic E-state index is 12.1. The van der Waals surface area contributed by atoms with Gasteiger partial charge in [0.25, 0.3) is 0 Å². The molecule has 1 aromatic rings. The molecule has 20 heavy (non-hydrogen) atoms. The lowest BCUT2D eigenvalue weighted by molar-refractivity contribution is 0.200. The molecular formula is C15H22N2O3. The molecule has 2 rings (SSSR count). The summed E-state index contributed by atoms with van der Waals surface area (Å²) in [5.74, 6) is 0.658. The summed E-state index contributed by atoms with van der Waals surface area (Å²) in [5.41, 5.74) is 1.37. The molecule has 1 aliphatic heterocycles. The van der Waals surface area contributed by atoms with Crippen molar-refractivity contribution in [2.75, 3.05) is 25.0 Å². The van der Waals surface area contributed by atoms with Crippen LogP contribution >= 0.6 is 0 Å². The summed E-state index contributed by atoms with van der Waals surface area (Å²) in [6.45, 7) is 3.97. The number of urea groups is 1. The lowest BCUT2D eigenvalue weighted by Gasteiger charge is -2.26. The van der Waals surface area contributed by atoms with Gasteiger partial charge in [0.1, 0.15) is 5.75 Å². The first-order valence-electron chi connectivity index (χ1n) is 7.17. The normalized spacial score (nSPS) is 15.0. The monoisotopic (exact) mass is 278 g/mol. The van der Waals surface area contributed by atoms with Crippen LogP contribution in [-0.4, -0.2) is 35.7 Å². The van der Waals surface area contributed by atoms with Gasteiger partial charge in [0.15, 0.2) is 0 Å². The minimum atomic E-state index is -0.108. The number of aliphatic hydroxyl groups excluding tert-OH is 1. The minimum absolute atomic E-state index is 0.0715. The molecule has 0 aromatic heterocycles. The predicted octanol–water partition coefficient (Wildman–Crippen LogP) is 2.60. The third-order valence-electron chi connectivity index (χ3n) is 3.43. The fourth-order valence-corrected chi connectivity index (χ4v) is 2.38. The zero-order chi connectivity index (χ0) is 14.4. The second-order valence-corrected chi connectivity index (χ2v) is 4.89. The first-order chi connectivity index (χ1) is 9.74. The molecule has 0 spiro atoms. The number of anilines is 1. The number of piperidine rings is 1. The van der Waals surface area contributed by atoms with Crippen LogP contribution < -0.4 is 10.1 Å². The molecule has 2 amide bonds. The van der Waals surface area contributed by atoms with Crippen LogP contribution in [0.1, 0.15) is 31.7 Å². The van der Waals surface area contributed by atoms with Gasteiger partial charge in [0.2, 0.25) is 0 Å². The number of benzene rings is 1. The Morgan fingerprint density at radius 2 is 2.10 bits per heavy atom. The van der Waals surface area contributed by atoms with E-state index in [1.807, 2.05) is 11.8 Å². The van der Waals surface area contributed by atoms with Gasteiger partial charge >= 0.3 is 6.03 Å². The largest absolute Gasteiger partial charge is 0.494 e. The van der Waals surface area contributed by atoms with Crippen LogP contribution in [0.2, 0.25) is 0 Å². The first-order valence-corrected chi connectivity index (χ1v) is 7.17. The highest BCUT2D eigenvalue weighted by Gasteiger charge is 2.16. The van der Waals surface area contributed by atoms with Gasteiger partial charge in [-0.2, -0.15) is 0 Å². The third-order valence-corrected chi connectivity index (χ3v) is 3.43. The summed E-state index contributed by atoms with van der Waals surface area (Å²) in [7, 11) is 0. The highest BCUT2D eigenvalue weighted by atomic mass is 16.5. The van der Waals surface area contributed by atoms with E-state index in [4.69, 9.17) is 4.74 Å². The van der Waals surface area contributed by atoms with E-state index in [0.29, 0.717) is 23.6 Å². The maximum Gasteiger partial charge on any atom is 0.321 e. The second-order valence-electron chi connectivity index (χ2n) is 4.89. The van der Waals surface area contributed by atoms with Crippen molar-refractivity contribution in [3.63, 3.8) is 0 Å². The van der Waals surface area contributed by atoms with Crippen molar-refractivity contribution in [3.05, 3.63) is 23.8 Å². The molecule has 1 fully saturated rings. The maximum atomic E-state index is 12.1. The Morgan fingerprint density at radius 1 is 1.35 bits per heavy atom. The average Bonchev–Trinajstić information content (AvgIpc) is 2.50. The molecule has 0 aliphatic carbocycles. The number of aliphatic hydroxyl groups is 1. The van der Waals surface area contributed by atoms with E-state index in [0.717, 1.165) is 25.9 Å². The summed E-state index contributed by atoms with van der Waals surface area (Å²) in [6.07, 6.45) is 3.33. The van der Waals surface area contributed by atoms with E-state index in [9.17, 15) is 9.90 Å². The number of hydrogen-bond donors (Lipinski definition) is 2. The number of likely N-dealkylation sites (tertiary alicyclic amines) is 1. The Morgan fingerprint density at radius 3 is 2.75 bits per heavy atom. The Labute approximate surface area is 119 Å². The van der Waals surface area contributed by atoms with Gasteiger partial charge in [-0.05, 0) is 44.4 Å². The van der Waals surface area contributed by atoms with E-state index < -0.39 is 0 Å². The number of ether oxygens (including phenoxy) is 1. The summed E-state index contributed by atoms with van der Waals surface area (Å²) >= 11 is 0. The molecule has 0 atom stereocenters. The van der Waals surface area contributed by atoms with Crippen molar-refractivity contribution in [1.29, 1.82) is 0 Å². The summed E-state index contributed by atoms with van der Waals surface area (Å²) in [5, 5.41) is 12.2. The number of rotatable bonds is 4. The van der Waals surface area contributed by atoms with Crippen LogP contribution in [-0.2, 0) is 6.61 Å².